The van der Waals surface area contributed by atoms with Crippen molar-refractivity contribution in [2.75, 3.05) is 18.1 Å². The van der Waals surface area contributed by atoms with E-state index in [1.807, 2.05) is 23.9 Å². The Morgan fingerprint density at radius 3 is 2.94 bits per heavy atom. The first-order valence-electron chi connectivity index (χ1n) is 6.49. The van der Waals surface area contributed by atoms with Crippen LogP contribution in [0.15, 0.2) is 18.2 Å². The van der Waals surface area contributed by atoms with Crippen LogP contribution >= 0.6 is 35.0 Å². The van der Waals surface area contributed by atoms with Crippen LogP contribution in [-0.4, -0.2) is 18.1 Å². The van der Waals surface area contributed by atoms with E-state index in [0.29, 0.717) is 22.0 Å². The van der Waals surface area contributed by atoms with Crippen LogP contribution in [-0.2, 0) is 0 Å². The minimum absolute atomic E-state index is 0.339. The van der Waals surface area contributed by atoms with Gasteiger partial charge in [0.15, 0.2) is 0 Å². The Balaban J connectivity index is 2.23. The maximum atomic E-state index is 6.37. The molecule has 1 N–H and O–H groups in total. The van der Waals surface area contributed by atoms with Crippen LogP contribution in [0, 0.1) is 5.92 Å². The molecule has 1 aliphatic heterocycles. The largest absolute Gasteiger partial charge is 0.310 e. The molecule has 0 aromatic heterocycles. The van der Waals surface area contributed by atoms with Gasteiger partial charge in [0.2, 0.25) is 0 Å². The third-order valence-corrected chi connectivity index (χ3v) is 5.39. The van der Waals surface area contributed by atoms with Crippen LogP contribution in [0.25, 0.3) is 0 Å². The SMILES string of the molecule is CCCNC(c1cccc(Cl)c1Cl)C1CCSC1. The average molecular weight is 304 g/mol. The van der Waals surface area contributed by atoms with Gasteiger partial charge in [-0.25, -0.2) is 0 Å². The summed E-state index contributed by atoms with van der Waals surface area (Å²) in [4.78, 5) is 0. The number of nitrogens with one attached hydrogen (secondary N) is 1. The van der Waals surface area contributed by atoms with Crippen molar-refractivity contribution in [3.8, 4) is 0 Å². The second kappa shape index (κ2) is 7.04. The number of benzene rings is 1. The molecule has 0 amide bonds. The van der Waals surface area contributed by atoms with Gasteiger partial charge in [0.25, 0.3) is 0 Å². The first-order valence-corrected chi connectivity index (χ1v) is 8.40. The van der Waals surface area contributed by atoms with E-state index in [1.54, 1.807) is 0 Å². The van der Waals surface area contributed by atoms with Crippen molar-refractivity contribution in [3.63, 3.8) is 0 Å². The summed E-state index contributed by atoms with van der Waals surface area (Å²) in [5.41, 5.74) is 1.16. The van der Waals surface area contributed by atoms with Gasteiger partial charge in [-0.3, -0.25) is 0 Å². The highest BCUT2D eigenvalue weighted by atomic mass is 35.5. The molecule has 0 radical (unpaired) electrons. The number of hydrogen-bond acceptors (Lipinski definition) is 2. The second-order valence-electron chi connectivity index (χ2n) is 4.70. The van der Waals surface area contributed by atoms with Crippen LogP contribution in [0.2, 0.25) is 10.0 Å². The molecular formula is C14H19Cl2NS. The fourth-order valence-corrected chi connectivity index (χ4v) is 4.13. The molecule has 1 aromatic carbocycles. The molecule has 0 bridgehead atoms. The van der Waals surface area contributed by atoms with Crippen molar-refractivity contribution in [3.05, 3.63) is 33.8 Å². The van der Waals surface area contributed by atoms with Crippen LogP contribution in [0.3, 0.4) is 0 Å². The monoisotopic (exact) mass is 303 g/mol. The van der Waals surface area contributed by atoms with Gasteiger partial charge in [0.1, 0.15) is 0 Å². The quantitative estimate of drug-likeness (QED) is 0.839. The van der Waals surface area contributed by atoms with Crippen LogP contribution in [0.4, 0.5) is 0 Å². The Kier molecular flexibility index (Phi) is 5.68. The Bertz CT molecular complexity index is 391. The Labute approximate surface area is 124 Å². The standard InChI is InChI=1S/C14H19Cl2NS/c1-2-7-17-14(10-6-8-18-9-10)11-4-3-5-12(15)13(11)16/h3-5,10,14,17H,2,6-9H2,1H3. The van der Waals surface area contributed by atoms with Crippen molar-refractivity contribution in [1.29, 1.82) is 0 Å². The third kappa shape index (κ3) is 3.36. The number of thioether (sulfide) groups is 1. The van der Waals surface area contributed by atoms with Gasteiger partial charge in [-0.1, -0.05) is 42.3 Å². The topological polar surface area (TPSA) is 12.0 Å². The Hall–Kier alpha value is 0.110. The van der Waals surface area contributed by atoms with E-state index >= 15 is 0 Å². The smallest absolute Gasteiger partial charge is 0.0640 e. The zero-order valence-corrected chi connectivity index (χ0v) is 12.9. The normalized spacial score (nSPS) is 21.2. The first-order chi connectivity index (χ1) is 8.74. The molecule has 1 fully saturated rings. The highest BCUT2D eigenvalue weighted by molar-refractivity contribution is 7.99. The fourth-order valence-electron chi connectivity index (χ4n) is 2.41. The zero-order chi connectivity index (χ0) is 13.0. The molecule has 100 valence electrons. The minimum Gasteiger partial charge on any atom is -0.310 e. The van der Waals surface area contributed by atoms with E-state index in [2.05, 4.69) is 18.3 Å². The lowest BCUT2D eigenvalue weighted by atomic mass is 9.92. The lowest BCUT2D eigenvalue weighted by molar-refractivity contribution is 0.394. The minimum atomic E-state index is 0.339. The highest BCUT2D eigenvalue weighted by Gasteiger charge is 2.28. The van der Waals surface area contributed by atoms with Gasteiger partial charge in [-0.05, 0) is 48.4 Å². The van der Waals surface area contributed by atoms with Gasteiger partial charge in [0, 0.05) is 6.04 Å². The van der Waals surface area contributed by atoms with Crippen LogP contribution in [0.5, 0.6) is 0 Å². The molecule has 1 heterocycles. The second-order valence-corrected chi connectivity index (χ2v) is 6.63. The molecule has 0 saturated carbocycles. The van der Waals surface area contributed by atoms with E-state index in [1.165, 1.54) is 17.9 Å². The van der Waals surface area contributed by atoms with Gasteiger partial charge >= 0.3 is 0 Å². The van der Waals surface area contributed by atoms with Gasteiger partial charge in [-0.2, -0.15) is 11.8 Å². The number of rotatable bonds is 5. The molecule has 1 saturated heterocycles. The lowest BCUT2D eigenvalue weighted by Gasteiger charge is -2.26. The molecule has 1 aliphatic rings. The molecular weight excluding hydrogens is 285 g/mol. The van der Waals surface area contributed by atoms with Gasteiger partial charge < -0.3 is 5.32 Å². The molecule has 2 rings (SSSR count). The summed E-state index contributed by atoms with van der Waals surface area (Å²) in [5.74, 6) is 3.13. The summed E-state index contributed by atoms with van der Waals surface area (Å²) in [6, 6.07) is 6.29. The predicted octanol–water partition coefficient (Wildman–Crippen LogP) is 4.79. The van der Waals surface area contributed by atoms with Crippen molar-refractivity contribution >= 4 is 35.0 Å². The molecule has 0 aliphatic carbocycles. The highest BCUT2D eigenvalue weighted by Crippen LogP contribution is 2.38. The van der Waals surface area contributed by atoms with E-state index in [9.17, 15) is 0 Å². The van der Waals surface area contributed by atoms with Crippen molar-refractivity contribution in [1.82, 2.24) is 5.32 Å². The molecule has 2 unspecified atom stereocenters. The molecule has 4 heteroatoms. The molecule has 1 aromatic rings. The van der Waals surface area contributed by atoms with Crippen LogP contribution in [0.1, 0.15) is 31.4 Å². The average Bonchev–Trinajstić information content (AvgIpc) is 2.88. The van der Waals surface area contributed by atoms with Crippen LogP contribution < -0.4 is 5.32 Å². The predicted molar refractivity (Wildman–Crippen MR) is 82.9 cm³/mol. The molecule has 2 atom stereocenters. The number of hydrogen-bond donors (Lipinski definition) is 1. The first kappa shape index (κ1) is 14.5. The number of halogens is 2. The van der Waals surface area contributed by atoms with Crippen molar-refractivity contribution < 1.29 is 0 Å². The Morgan fingerprint density at radius 2 is 2.28 bits per heavy atom. The molecule has 18 heavy (non-hydrogen) atoms. The summed E-state index contributed by atoms with van der Waals surface area (Å²) >= 11 is 14.5. The molecule has 1 nitrogen and oxygen atoms in total. The lowest BCUT2D eigenvalue weighted by Crippen LogP contribution is -2.29. The summed E-state index contributed by atoms with van der Waals surface area (Å²) < 4.78 is 0. The van der Waals surface area contributed by atoms with Gasteiger partial charge in [-0.15, -0.1) is 0 Å². The van der Waals surface area contributed by atoms with Crippen molar-refractivity contribution in [2.45, 2.75) is 25.8 Å². The Morgan fingerprint density at radius 1 is 1.44 bits per heavy atom. The summed E-state index contributed by atoms with van der Waals surface area (Å²) in [6.07, 6.45) is 2.39. The summed E-state index contributed by atoms with van der Waals surface area (Å²) in [7, 11) is 0. The summed E-state index contributed by atoms with van der Waals surface area (Å²) in [6.45, 7) is 3.21. The maximum Gasteiger partial charge on any atom is 0.0640 e. The maximum absolute atomic E-state index is 6.37. The third-order valence-electron chi connectivity index (χ3n) is 3.37. The van der Waals surface area contributed by atoms with E-state index in [4.69, 9.17) is 23.2 Å². The van der Waals surface area contributed by atoms with E-state index in [0.717, 1.165) is 18.5 Å². The van der Waals surface area contributed by atoms with Crippen molar-refractivity contribution in [2.24, 2.45) is 5.92 Å². The van der Waals surface area contributed by atoms with E-state index < -0.39 is 0 Å². The zero-order valence-electron chi connectivity index (χ0n) is 10.6. The fraction of sp³-hybridized carbons (Fsp3) is 0.571. The van der Waals surface area contributed by atoms with Gasteiger partial charge in [0.05, 0.1) is 10.0 Å². The van der Waals surface area contributed by atoms with E-state index in [-0.39, 0.29) is 0 Å². The molecule has 0 spiro atoms. The summed E-state index contributed by atoms with van der Waals surface area (Å²) in [5, 5.41) is 5.01.